The highest BCUT2D eigenvalue weighted by Gasteiger charge is 2.61. The van der Waals surface area contributed by atoms with E-state index in [4.69, 9.17) is 4.74 Å². The Labute approximate surface area is 175 Å². The lowest BCUT2D eigenvalue weighted by Crippen LogP contribution is -2.42. The van der Waals surface area contributed by atoms with Gasteiger partial charge in [0.05, 0.1) is 24.0 Å². The summed E-state index contributed by atoms with van der Waals surface area (Å²) in [6.07, 6.45) is 2.70. The number of amides is 1. The minimum absolute atomic E-state index is 0.0657. The van der Waals surface area contributed by atoms with Crippen molar-refractivity contribution in [2.45, 2.75) is 53.6 Å². The summed E-state index contributed by atoms with van der Waals surface area (Å²) in [6, 6.07) is 7.48. The Balaban J connectivity index is 1.84. The summed E-state index contributed by atoms with van der Waals surface area (Å²) >= 11 is 0. The van der Waals surface area contributed by atoms with E-state index in [1.807, 2.05) is 36.1 Å². The predicted molar refractivity (Wildman–Crippen MR) is 115 cm³/mol. The number of ether oxygens (including phenoxy) is 1. The van der Waals surface area contributed by atoms with E-state index in [0.717, 1.165) is 11.3 Å². The molecule has 3 atom stereocenters. The van der Waals surface area contributed by atoms with Crippen LogP contribution in [-0.2, 0) is 21.2 Å². The fourth-order valence-corrected chi connectivity index (χ4v) is 6.19. The lowest BCUT2D eigenvalue weighted by atomic mass is 10.1. The van der Waals surface area contributed by atoms with Crippen molar-refractivity contribution in [2.24, 2.45) is 17.3 Å². The smallest absolute Gasteiger partial charge is 0.227 e. The molecule has 0 spiro atoms. The van der Waals surface area contributed by atoms with Crippen LogP contribution in [0.4, 0.5) is 0 Å². The number of hydrogen-bond acceptors (Lipinski definition) is 4. The second-order valence-electron chi connectivity index (χ2n) is 9.17. The van der Waals surface area contributed by atoms with Crippen molar-refractivity contribution in [3.8, 4) is 5.75 Å². The predicted octanol–water partition coefficient (Wildman–Crippen LogP) is 3.84. The molecule has 1 amide bonds. The van der Waals surface area contributed by atoms with Gasteiger partial charge in [-0.15, -0.1) is 0 Å². The van der Waals surface area contributed by atoms with Crippen LogP contribution in [0, 0.1) is 17.3 Å². The van der Waals surface area contributed by atoms with E-state index in [1.54, 1.807) is 0 Å². The van der Waals surface area contributed by atoms with Crippen LogP contribution in [-0.4, -0.2) is 43.4 Å². The molecule has 1 saturated carbocycles. The van der Waals surface area contributed by atoms with Gasteiger partial charge in [0.2, 0.25) is 5.91 Å². The van der Waals surface area contributed by atoms with Crippen molar-refractivity contribution >= 4 is 15.7 Å². The minimum Gasteiger partial charge on any atom is -0.494 e. The summed E-state index contributed by atoms with van der Waals surface area (Å²) in [5, 5.41) is 0. The lowest BCUT2D eigenvalue weighted by molar-refractivity contribution is -0.136. The highest BCUT2D eigenvalue weighted by Crippen LogP contribution is 2.60. The van der Waals surface area contributed by atoms with Crippen LogP contribution in [0.2, 0.25) is 0 Å². The highest BCUT2D eigenvalue weighted by atomic mass is 32.2. The zero-order valence-electron chi connectivity index (χ0n) is 18.1. The summed E-state index contributed by atoms with van der Waals surface area (Å²) in [4.78, 5) is 15.4. The average molecular weight is 420 g/mol. The quantitative estimate of drug-likeness (QED) is 0.630. The number of carbonyl (C=O) groups excluding carboxylic acids is 1. The first-order chi connectivity index (χ1) is 13.5. The Morgan fingerprint density at radius 2 is 1.90 bits per heavy atom. The van der Waals surface area contributed by atoms with Gasteiger partial charge >= 0.3 is 0 Å². The van der Waals surface area contributed by atoms with E-state index >= 15 is 0 Å². The molecule has 0 bridgehead atoms. The summed E-state index contributed by atoms with van der Waals surface area (Å²) < 4.78 is 29.7. The molecule has 1 saturated heterocycles. The normalized spacial score (nSPS) is 26.6. The number of carbonyl (C=O) groups is 1. The topological polar surface area (TPSA) is 63.7 Å². The van der Waals surface area contributed by atoms with Gasteiger partial charge in [-0.2, -0.15) is 0 Å². The molecule has 1 heterocycles. The van der Waals surface area contributed by atoms with Gasteiger partial charge in [-0.25, -0.2) is 8.42 Å². The third kappa shape index (κ3) is 4.85. The number of benzene rings is 1. The van der Waals surface area contributed by atoms with Crippen LogP contribution in [0.3, 0.4) is 0 Å². The van der Waals surface area contributed by atoms with Gasteiger partial charge < -0.3 is 9.64 Å². The molecule has 29 heavy (non-hydrogen) atoms. The molecule has 1 aromatic rings. The van der Waals surface area contributed by atoms with E-state index in [9.17, 15) is 13.2 Å². The second kappa shape index (κ2) is 8.13. The summed E-state index contributed by atoms with van der Waals surface area (Å²) in [6.45, 7) is 11.3. The number of allylic oxidation sites excluding steroid dienone is 2. The van der Waals surface area contributed by atoms with E-state index in [2.05, 4.69) is 33.8 Å². The first kappa shape index (κ1) is 21.9. The van der Waals surface area contributed by atoms with E-state index in [-0.39, 0.29) is 40.7 Å². The standard InChI is InChI=1S/C23H33NO4S/c1-6-28-19-9-7-17(8-10-19)14-24(18-11-12-29(26,27)15-18)22(25)21-20(13-16(2)3)23(21,4)5/h7-10,13,18,20-21H,6,11-12,14-15H2,1-5H3/t18-,20-,21-/m0/s1. The lowest BCUT2D eigenvalue weighted by Gasteiger charge is -2.29. The molecule has 0 aromatic heterocycles. The maximum absolute atomic E-state index is 13.6. The van der Waals surface area contributed by atoms with Crippen LogP contribution in [0.25, 0.3) is 0 Å². The number of nitrogens with zero attached hydrogens (tertiary/aromatic N) is 1. The molecule has 160 valence electrons. The zero-order chi connectivity index (χ0) is 21.4. The number of sulfone groups is 1. The average Bonchev–Trinajstić information content (AvgIpc) is 2.96. The monoisotopic (exact) mass is 419 g/mol. The summed E-state index contributed by atoms with van der Waals surface area (Å²) in [5.74, 6) is 1.22. The maximum Gasteiger partial charge on any atom is 0.227 e. The Bertz CT molecular complexity index is 882. The Morgan fingerprint density at radius 3 is 2.41 bits per heavy atom. The molecule has 1 aliphatic carbocycles. The molecule has 0 radical (unpaired) electrons. The van der Waals surface area contributed by atoms with Crippen molar-refractivity contribution in [1.82, 2.24) is 4.90 Å². The third-order valence-electron chi connectivity index (χ3n) is 6.21. The molecule has 2 fully saturated rings. The van der Waals surface area contributed by atoms with Gasteiger partial charge in [0.25, 0.3) is 0 Å². The molecule has 3 rings (SSSR count). The number of hydrogen-bond donors (Lipinski definition) is 0. The van der Waals surface area contributed by atoms with Crippen LogP contribution >= 0.6 is 0 Å². The first-order valence-electron chi connectivity index (χ1n) is 10.4. The van der Waals surface area contributed by atoms with Gasteiger partial charge in [-0.3, -0.25) is 4.79 Å². The van der Waals surface area contributed by atoms with E-state index in [1.165, 1.54) is 5.57 Å². The SMILES string of the molecule is CCOc1ccc(CN(C(=O)[C@@H]2[C@H](C=C(C)C)C2(C)C)[C@H]2CCS(=O)(=O)C2)cc1. The van der Waals surface area contributed by atoms with Gasteiger partial charge in [0.15, 0.2) is 9.84 Å². The van der Waals surface area contributed by atoms with Crippen molar-refractivity contribution in [3.63, 3.8) is 0 Å². The Kier molecular flexibility index (Phi) is 6.13. The second-order valence-corrected chi connectivity index (χ2v) is 11.4. The first-order valence-corrected chi connectivity index (χ1v) is 12.2. The molecule has 2 aliphatic rings. The molecular formula is C23H33NO4S. The summed E-state index contributed by atoms with van der Waals surface area (Å²) in [7, 11) is -3.07. The maximum atomic E-state index is 13.6. The number of rotatable bonds is 7. The summed E-state index contributed by atoms with van der Waals surface area (Å²) in [5.41, 5.74) is 2.10. The fraction of sp³-hybridized carbons (Fsp3) is 0.609. The van der Waals surface area contributed by atoms with Crippen LogP contribution in [0.1, 0.15) is 46.6 Å². The van der Waals surface area contributed by atoms with Gasteiger partial charge in [0.1, 0.15) is 5.75 Å². The van der Waals surface area contributed by atoms with Gasteiger partial charge in [0, 0.05) is 12.6 Å². The molecule has 5 nitrogen and oxygen atoms in total. The van der Waals surface area contributed by atoms with Gasteiger partial charge in [-0.05, 0) is 56.2 Å². The largest absolute Gasteiger partial charge is 0.494 e. The Morgan fingerprint density at radius 1 is 1.24 bits per heavy atom. The van der Waals surface area contributed by atoms with E-state index < -0.39 is 9.84 Å². The van der Waals surface area contributed by atoms with E-state index in [0.29, 0.717) is 19.6 Å². The Hall–Kier alpha value is -1.82. The van der Waals surface area contributed by atoms with Crippen molar-refractivity contribution in [1.29, 1.82) is 0 Å². The van der Waals surface area contributed by atoms with Gasteiger partial charge in [-0.1, -0.05) is 37.6 Å². The molecule has 6 heteroatoms. The zero-order valence-corrected chi connectivity index (χ0v) is 19.0. The van der Waals surface area contributed by atoms with Crippen molar-refractivity contribution in [2.75, 3.05) is 18.1 Å². The fourth-order valence-electron chi connectivity index (χ4n) is 4.46. The minimum atomic E-state index is -3.07. The van der Waals surface area contributed by atoms with Crippen LogP contribution < -0.4 is 4.74 Å². The molecular weight excluding hydrogens is 386 g/mol. The van der Waals surface area contributed by atoms with Crippen LogP contribution in [0.5, 0.6) is 5.75 Å². The molecule has 0 unspecified atom stereocenters. The highest BCUT2D eigenvalue weighted by molar-refractivity contribution is 7.91. The van der Waals surface area contributed by atoms with Crippen molar-refractivity contribution < 1.29 is 17.9 Å². The molecule has 1 aromatic carbocycles. The van der Waals surface area contributed by atoms with Crippen LogP contribution in [0.15, 0.2) is 35.9 Å². The van der Waals surface area contributed by atoms with Crippen molar-refractivity contribution in [3.05, 3.63) is 41.5 Å². The molecule has 1 aliphatic heterocycles. The third-order valence-corrected chi connectivity index (χ3v) is 7.96. The molecule has 0 N–H and O–H groups in total.